The SMILES string of the molecule is Cn1ncc(-c2ccc3c(c2)CN([C@H]2CCC(=O)NC2=O)C3=O)c1-c1cccc(N2CCOCC2)c1. The highest BCUT2D eigenvalue weighted by Gasteiger charge is 2.39. The topological polar surface area (TPSA) is 96.8 Å². The minimum absolute atomic E-state index is 0.171. The van der Waals surface area contributed by atoms with Gasteiger partial charge in [-0.05, 0) is 41.8 Å². The number of anilines is 1. The second kappa shape index (κ2) is 8.91. The first kappa shape index (κ1) is 22.5. The highest BCUT2D eigenvalue weighted by molar-refractivity contribution is 6.05. The molecule has 184 valence electrons. The number of ether oxygens (including phenoxy) is 1. The van der Waals surface area contributed by atoms with E-state index in [4.69, 9.17) is 4.74 Å². The van der Waals surface area contributed by atoms with Crippen molar-refractivity contribution in [1.82, 2.24) is 20.0 Å². The predicted molar refractivity (Wildman–Crippen MR) is 133 cm³/mol. The quantitative estimate of drug-likeness (QED) is 0.570. The number of hydrogen-bond acceptors (Lipinski definition) is 6. The van der Waals surface area contributed by atoms with Crippen LogP contribution in [0.5, 0.6) is 0 Å². The Morgan fingerprint density at radius 3 is 2.64 bits per heavy atom. The van der Waals surface area contributed by atoms with E-state index in [2.05, 4.69) is 39.6 Å². The molecule has 3 aromatic rings. The molecule has 6 rings (SSSR count). The summed E-state index contributed by atoms with van der Waals surface area (Å²) in [6.45, 7) is 3.53. The second-order valence-corrected chi connectivity index (χ2v) is 9.45. The lowest BCUT2D eigenvalue weighted by Gasteiger charge is -2.29. The zero-order valence-electron chi connectivity index (χ0n) is 20.1. The molecule has 0 unspecified atom stereocenters. The van der Waals surface area contributed by atoms with Crippen molar-refractivity contribution in [3.05, 3.63) is 59.8 Å². The number of carbonyl (C=O) groups excluding carboxylic acids is 3. The lowest BCUT2D eigenvalue weighted by molar-refractivity contribution is -0.136. The molecule has 0 radical (unpaired) electrons. The maximum atomic E-state index is 13.1. The minimum atomic E-state index is -0.622. The Balaban J connectivity index is 1.31. The van der Waals surface area contributed by atoms with Crippen LogP contribution in [0.15, 0.2) is 48.7 Å². The number of hydrogen-bond donors (Lipinski definition) is 1. The van der Waals surface area contributed by atoms with Gasteiger partial charge in [0.05, 0.1) is 25.1 Å². The molecule has 0 aliphatic carbocycles. The number of fused-ring (bicyclic) bond motifs is 1. The first-order valence-electron chi connectivity index (χ1n) is 12.2. The summed E-state index contributed by atoms with van der Waals surface area (Å²) in [5, 5.41) is 6.90. The van der Waals surface area contributed by atoms with E-state index in [9.17, 15) is 14.4 Å². The summed E-state index contributed by atoms with van der Waals surface area (Å²) in [7, 11) is 1.93. The van der Waals surface area contributed by atoms with Crippen LogP contribution in [0.2, 0.25) is 0 Å². The molecule has 3 aliphatic heterocycles. The molecule has 1 aromatic heterocycles. The zero-order valence-corrected chi connectivity index (χ0v) is 20.1. The average Bonchev–Trinajstić information content (AvgIpc) is 3.44. The van der Waals surface area contributed by atoms with E-state index in [0.29, 0.717) is 18.5 Å². The van der Waals surface area contributed by atoms with E-state index in [0.717, 1.165) is 59.9 Å². The Labute approximate surface area is 208 Å². The van der Waals surface area contributed by atoms with Gasteiger partial charge < -0.3 is 14.5 Å². The number of amides is 3. The number of morpholine rings is 1. The first-order valence-corrected chi connectivity index (χ1v) is 12.2. The first-order chi connectivity index (χ1) is 17.5. The van der Waals surface area contributed by atoms with E-state index in [1.807, 2.05) is 36.1 Å². The molecule has 1 N–H and O–H groups in total. The number of aromatic nitrogens is 2. The van der Waals surface area contributed by atoms with Gasteiger partial charge in [-0.1, -0.05) is 18.2 Å². The van der Waals surface area contributed by atoms with Gasteiger partial charge in [0, 0.05) is 55.5 Å². The van der Waals surface area contributed by atoms with Crippen molar-refractivity contribution in [2.24, 2.45) is 7.05 Å². The molecule has 0 spiro atoms. The Morgan fingerprint density at radius 1 is 1.00 bits per heavy atom. The maximum Gasteiger partial charge on any atom is 0.255 e. The van der Waals surface area contributed by atoms with Crippen LogP contribution in [0.3, 0.4) is 0 Å². The van der Waals surface area contributed by atoms with Crippen LogP contribution in [0.1, 0.15) is 28.8 Å². The van der Waals surface area contributed by atoms with Crippen LogP contribution < -0.4 is 10.2 Å². The molecule has 0 bridgehead atoms. The smallest absolute Gasteiger partial charge is 0.255 e. The molecule has 0 saturated carbocycles. The molecule has 2 aromatic carbocycles. The molecule has 3 aliphatic rings. The Bertz CT molecular complexity index is 1370. The third-order valence-corrected chi connectivity index (χ3v) is 7.27. The standard InChI is InChI=1S/C27H27N5O4/c1-30-25(18-3-2-4-20(14-18)31-9-11-36-12-10-31)22(15-28-30)17-5-6-21-19(13-17)16-32(27(21)35)23-7-8-24(33)29-26(23)34/h2-6,13-15,23H,7-12,16H2,1H3,(H,29,33,34)/t23-/m0/s1. The summed E-state index contributed by atoms with van der Waals surface area (Å²) < 4.78 is 7.38. The molecular formula is C27H27N5O4. The summed E-state index contributed by atoms with van der Waals surface area (Å²) in [6.07, 6.45) is 2.45. The van der Waals surface area contributed by atoms with Gasteiger partial charge in [0.25, 0.3) is 5.91 Å². The van der Waals surface area contributed by atoms with Crippen LogP contribution in [0.25, 0.3) is 22.4 Å². The van der Waals surface area contributed by atoms with E-state index in [-0.39, 0.29) is 18.2 Å². The summed E-state index contributed by atoms with van der Waals surface area (Å²) in [5.74, 6) is -0.859. The van der Waals surface area contributed by atoms with Gasteiger partial charge in [-0.25, -0.2) is 0 Å². The van der Waals surface area contributed by atoms with E-state index >= 15 is 0 Å². The summed E-state index contributed by atoms with van der Waals surface area (Å²) >= 11 is 0. The Kier molecular flexibility index (Phi) is 5.56. The molecule has 2 fully saturated rings. The molecular weight excluding hydrogens is 458 g/mol. The molecule has 9 heteroatoms. The van der Waals surface area contributed by atoms with Gasteiger partial charge in [0.1, 0.15) is 6.04 Å². The number of carbonyl (C=O) groups is 3. The van der Waals surface area contributed by atoms with Crippen molar-refractivity contribution in [3.63, 3.8) is 0 Å². The average molecular weight is 486 g/mol. The number of rotatable bonds is 4. The number of benzene rings is 2. The van der Waals surface area contributed by atoms with Gasteiger partial charge in [0.15, 0.2) is 0 Å². The predicted octanol–water partition coefficient (Wildman–Crippen LogP) is 2.35. The number of piperidine rings is 1. The van der Waals surface area contributed by atoms with Crippen molar-refractivity contribution >= 4 is 23.4 Å². The van der Waals surface area contributed by atoms with E-state index in [1.165, 1.54) is 0 Å². The number of aryl methyl sites for hydroxylation is 1. The summed E-state index contributed by atoms with van der Waals surface area (Å²) in [6, 6.07) is 13.6. The van der Waals surface area contributed by atoms with Crippen LogP contribution in [-0.4, -0.2) is 64.7 Å². The molecule has 3 amide bonds. The summed E-state index contributed by atoms with van der Waals surface area (Å²) in [4.78, 5) is 40.9. The molecule has 36 heavy (non-hydrogen) atoms. The molecule has 2 saturated heterocycles. The lowest BCUT2D eigenvalue weighted by Crippen LogP contribution is -2.52. The van der Waals surface area contributed by atoms with Crippen molar-refractivity contribution in [2.45, 2.75) is 25.4 Å². The molecule has 4 heterocycles. The zero-order chi connectivity index (χ0) is 24.8. The van der Waals surface area contributed by atoms with E-state index < -0.39 is 11.9 Å². The van der Waals surface area contributed by atoms with Crippen LogP contribution in [0, 0.1) is 0 Å². The fourth-order valence-corrected chi connectivity index (χ4v) is 5.40. The van der Waals surface area contributed by atoms with Crippen LogP contribution in [-0.2, 0) is 27.9 Å². The third kappa shape index (κ3) is 3.85. The number of nitrogens with zero attached hydrogens (tertiary/aromatic N) is 4. The van der Waals surface area contributed by atoms with Crippen LogP contribution in [0.4, 0.5) is 5.69 Å². The van der Waals surface area contributed by atoms with Crippen molar-refractivity contribution in [3.8, 4) is 22.4 Å². The van der Waals surface area contributed by atoms with Gasteiger partial charge in [-0.2, -0.15) is 5.10 Å². The largest absolute Gasteiger partial charge is 0.378 e. The van der Waals surface area contributed by atoms with Gasteiger partial charge in [0.2, 0.25) is 11.8 Å². The highest BCUT2D eigenvalue weighted by atomic mass is 16.5. The fourth-order valence-electron chi connectivity index (χ4n) is 5.40. The highest BCUT2D eigenvalue weighted by Crippen LogP contribution is 2.36. The van der Waals surface area contributed by atoms with Crippen molar-refractivity contribution in [1.29, 1.82) is 0 Å². The minimum Gasteiger partial charge on any atom is -0.378 e. The normalized spacial score (nSPS) is 20.0. The third-order valence-electron chi connectivity index (χ3n) is 7.27. The molecule has 1 atom stereocenters. The van der Waals surface area contributed by atoms with Crippen LogP contribution >= 0.6 is 0 Å². The molecule has 9 nitrogen and oxygen atoms in total. The number of nitrogens with one attached hydrogen (secondary N) is 1. The Hall–Kier alpha value is -3.98. The van der Waals surface area contributed by atoms with Crippen molar-refractivity contribution < 1.29 is 19.1 Å². The van der Waals surface area contributed by atoms with Gasteiger partial charge in [-0.3, -0.25) is 24.4 Å². The fraction of sp³-hybridized carbons (Fsp3) is 0.333. The van der Waals surface area contributed by atoms with E-state index in [1.54, 1.807) is 4.90 Å². The van der Waals surface area contributed by atoms with Gasteiger partial charge >= 0.3 is 0 Å². The second-order valence-electron chi connectivity index (χ2n) is 9.45. The summed E-state index contributed by atoms with van der Waals surface area (Å²) in [5.41, 5.74) is 6.63. The maximum absolute atomic E-state index is 13.1. The number of imide groups is 1. The van der Waals surface area contributed by atoms with Crippen molar-refractivity contribution in [2.75, 3.05) is 31.2 Å². The lowest BCUT2D eigenvalue weighted by atomic mass is 9.98. The van der Waals surface area contributed by atoms with Gasteiger partial charge in [-0.15, -0.1) is 0 Å². The monoisotopic (exact) mass is 485 g/mol. The Morgan fingerprint density at radius 2 is 1.83 bits per heavy atom.